The predicted molar refractivity (Wildman–Crippen MR) is 136 cm³/mol. The van der Waals surface area contributed by atoms with Gasteiger partial charge in [-0.15, -0.1) is 10.8 Å². The number of ether oxygens (including phenoxy) is 1. The molecule has 1 heterocycles. The minimum absolute atomic E-state index is 0.225. The van der Waals surface area contributed by atoms with Crippen molar-refractivity contribution in [3.63, 3.8) is 0 Å². The largest absolute Gasteiger partial charge is 0.478 e. The van der Waals surface area contributed by atoms with Crippen LogP contribution in [0, 0.1) is 5.82 Å². The molecule has 1 atom stereocenters. The molecule has 0 saturated heterocycles. The van der Waals surface area contributed by atoms with E-state index in [-0.39, 0.29) is 22.6 Å². The molecule has 10 heteroatoms. The Morgan fingerprint density at radius 2 is 1.89 bits per heavy atom. The molecule has 0 radical (unpaired) electrons. The predicted octanol–water partition coefficient (Wildman–Crippen LogP) is 6.36. The summed E-state index contributed by atoms with van der Waals surface area (Å²) in [6.45, 7) is 3.03. The smallest absolute Gasteiger partial charge is 0.338 e. The Morgan fingerprint density at radius 1 is 1.17 bits per heavy atom. The number of carboxylic acid groups (broad SMARTS) is 1. The van der Waals surface area contributed by atoms with Gasteiger partial charge in [-0.3, -0.25) is 9.11 Å². The number of carboxylic acids is 1. The Kier molecular flexibility index (Phi) is 7.37. The molecule has 0 amide bonds. The number of anilines is 2. The van der Waals surface area contributed by atoms with Gasteiger partial charge in [0.05, 0.1) is 33.8 Å². The molecule has 0 aliphatic carbocycles. The van der Waals surface area contributed by atoms with Gasteiger partial charge in [0, 0.05) is 31.5 Å². The molecule has 0 aromatic heterocycles. The maximum absolute atomic E-state index is 14.0. The van der Waals surface area contributed by atoms with Crippen LogP contribution in [0.1, 0.15) is 17.3 Å². The average molecular weight is 521 g/mol. The van der Waals surface area contributed by atoms with Gasteiger partial charge in [-0.05, 0) is 48.9 Å². The molecule has 3 aromatic carbocycles. The van der Waals surface area contributed by atoms with Crippen molar-refractivity contribution in [1.29, 1.82) is 0 Å². The lowest BCUT2D eigenvalue weighted by Crippen LogP contribution is -2.42. The Labute approximate surface area is 209 Å². The average Bonchev–Trinajstić information content (AvgIpc) is 2.91. The third-order valence-electron chi connectivity index (χ3n) is 6.03. The minimum atomic E-state index is -3.50. The van der Waals surface area contributed by atoms with Crippen LogP contribution < -0.4 is 4.90 Å². The number of fused-ring (bicyclic) bond motifs is 1. The molecular weight excluding hydrogens is 495 g/mol. The number of hydrogen-bond donors (Lipinski definition) is 3. The summed E-state index contributed by atoms with van der Waals surface area (Å²) in [4.78, 5) is 13.6. The third kappa shape index (κ3) is 4.88. The van der Waals surface area contributed by atoms with Gasteiger partial charge in [0.25, 0.3) is 0 Å². The summed E-state index contributed by atoms with van der Waals surface area (Å²) < 4.78 is 44.0. The van der Waals surface area contributed by atoms with E-state index < -0.39 is 28.1 Å². The van der Waals surface area contributed by atoms with Crippen molar-refractivity contribution < 1.29 is 28.1 Å². The van der Waals surface area contributed by atoms with E-state index in [4.69, 9.17) is 16.3 Å². The van der Waals surface area contributed by atoms with E-state index >= 15 is 0 Å². The molecule has 0 fully saturated rings. The summed E-state index contributed by atoms with van der Waals surface area (Å²) in [5, 5.41) is 9.60. The molecular formula is C25H26ClFN2O5S. The van der Waals surface area contributed by atoms with Crippen molar-refractivity contribution in [3.8, 4) is 11.1 Å². The van der Waals surface area contributed by atoms with Crippen molar-refractivity contribution in [2.24, 2.45) is 0 Å². The number of aromatic carboxylic acids is 1. The fraction of sp³-hybridized carbons (Fsp3) is 0.240. The third-order valence-corrected chi connectivity index (χ3v) is 8.36. The van der Waals surface area contributed by atoms with Crippen LogP contribution in [-0.4, -0.2) is 57.3 Å². The van der Waals surface area contributed by atoms with Gasteiger partial charge in [-0.25, -0.2) is 9.18 Å². The topological polar surface area (TPSA) is 93.5 Å². The highest BCUT2D eigenvalue weighted by Crippen LogP contribution is 2.59. The van der Waals surface area contributed by atoms with E-state index in [2.05, 4.69) is 0 Å². The summed E-state index contributed by atoms with van der Waals surface area (Å²) in [7, 11) is -1.87. The molecule has 3 aromatic rings. The number of nitrogens with zero attached hydrogens (tertiary/aromatic N) is 2. The Bertz CT molecular complexity index is 1240. The zero-order valence-corrected chi connectivity index (χ0v) is 20.8. The molecule has 7 nitrogen and oxygen atoms in total. The standard InChI is InChI=1S/C25H26ClFN2O5S/c1-3-34-15-18-14-29(17-7-5-4-6-8-17)23-13-21(26)19(12-24(23)35(32,33)28(18)2)16-9-10-22(27)20(11-16)25(30)31/h4-13,18,32-33H,3,14-15H2,1-2H3,(H,30,31). The lowest BCUT2D eigenvalue weighted by Gasteiger charge is -2.43. The second kappa shape index (κ2) is 10.1. The Balaban J connectivity index is 1.93. The highest BCUT2D eigenvalue weighted by Gasteiger charge is 2.38. The monoisotopic (exact) mass is 520 g/mol. The number of para-hydroxylation sites is 1. The van der Waals surface area contributed by atoms with Gasteiger partial charge in [0.15, 0.2) is 0 Å². The van der Waals surface area contributed by atoms with Gasteiger partial charge in [0.2, 0.25) is 0 Å². The lowest BCUT2D eigenvalue weighted by molar-refractivity contribution is 0.0692. The number of carbonyl (C=O) groups is 1. The summed E-state index contributed by atoms with van der Waals surface area (Å²) in [6, 6.07) is 16.0. The molecule has 0 bridgehead atoms. The molecule has 3 N–H and O–H groups in total. The Hall–Kier alpha value is -2.66. The van der Waals surface area contributed by atoms with Crippen molar-refractivity contribution in [1.82, 2.24) is 4.31 Å². The highest BCUT2D eigenvalue weighted by molar-refractivity contribution is 8.22. The normalized spacial score (nSPS) is 18.6. The molecule has 4 rings (SSSR count). The number of rotatable bonds is 6. The van der Waals surface area contributed by atoms with E-state index in [1.165, 1.54) is 16.4 Å². The lowest BCUT2D eigenvalue weighted by atomic mass is 10.0. The van der Waals surface area contributed by atoms with E-state index in [0.29, 0.717) is 30.0 Å². The molecule has 35 heavy (non-hydrogen) atoms. The first-order chi connectivity index (χ1) is 16.6. The zero-order chi connectivity index (χ0) is 25.3. The van der Waals surface area contributed by atoms with Crippen LogP contribution in [0.4, 0.5) is 15.8 Å². The van der Waals surface area contributed by atoms with E-state index in [1.807, 2.05) is 42.2 Å². The second-order valence-corrected chi connectivity index (χ2v) is 10.6. The molecule has 1 unspecified atom stereocenters. The second-order valence-electron chi connectivity index (χ2n) is 8.12. The van der Waals surface area contributed by atoms with Crippen molar-refractivity contribution in [3.05, 3.63) is 77.1 Å². The maximum atomic E-state index is 14.0. The molecule has 1 aliphatic rings. The number of hydrogen-bond acceptors (Lipinski definition) is 6. The molecule has 186 valence electrons. The number of likely N-dealkylation sites (N-methyl/N-ethyl adjacent to an activating group) is 1. The van der Waals surface area contributed by atoms with Crippen LogP contribution in [0.25, 0.3) is 11.1 Å². The molecule has 0 saturated carbocycles. The van der Waals surface area contributed by atoms with Gasteiger partial charge < -0.3 is 14.7 Å². The Morgan fingerprint density at radius 3 is 2.54 bits per heavy atom. The molecule has 0 spiro atoms. The zero-order valence-electron chi connectivity index (χ0n) is 19.2. The van der Waals surface area contributed by atoms with E-state index in [1.54, 1.807) is 19.2 Å². The van der Waals surface area contributed by atoms with E-state index in [0.717, 1.165) is 11.8 Å². The van der Waals surface area contributed by atoms with Crippen LogP contribution in [0.15, 0.2) is 65.6 Å². The van der Waals surface area contributed by atoms with Gasteiger partial charge in [-0.2, -0.15) is 4.31 Å². The number of halogens is 2. The number of benzene rings is 3. The first kappa shape index (κ1) is 25.4. The summed E-state index contributed by atoms with van der Waals surface area (Å²) >= 11 is 6.66. The van der Waals surface area contributed by atoms with Crippen LogP contribution in [0.2, 0.25) is 5.02 Å². The van der Waals surface area contributed by atoms with E-state index in [9.17, 15) is 23.4 Å². The van der Waals surface area contributed by atoms with Crippen LogP contribution >= 0.6 is 22.4 Å². The van der Waals surface area contributed by atoms with Gasteiger partial charge in [0.1, 0.15) is 5.82 Å². The van der Waals surface area contributed by atoms with Crippen molar-refractivity contribution in [2.75, 3.05) is 31.7 Å². The van der Waals surface area contributed by atoms with Crippen LogP contribution in [-0.2, 0) is 4.74 Å². The SMILES string of the molecule is CCOCC1CN(c2ccccc2)c2cc(Cl)c(-c3ccc(F)c(C(=O)O)c3)cc2S(O)(O)N1C. The van der Waals surface area contributed by atoms with Crippen LogP contribution in [0.3, 0.4) is 0 Å². The fourth-order valence-corrected chi connectivity index (χ4v) is 5.95. The first-order valence-electron chi connectivity index (χ1n) is 10.9. The summed E-state index contributed by atoms with van der Waals surface area (Å²) in [5.41, 5.74) is 1.55. The quantitative estimate of drug-likeness (QED) is 0.348. The first-order valence-corrected chi connectivity index (χ1v) is 12.8. The van der Waals surface area contributed by atoms with Gasteiger partial charge in [-0.1, -0.05) is 35.9 Å². The molecule has 1 aliphatic heterocycles. The van der Waals surface area contributed by atoms with Crippen LogP contribution in [0.5, 0.6) is 0 Å². The minimum Gasteiger partial charge on any atom is -0.478 e. The van der Waals surface area contributed by atoms with Crippen molar-refractivity contribution >= 4 is 39.7 Å². The van der Waals surface area contributed by atoms with Gasteiger partial charge >= 0.3 is 5.97 Å². The maximum Gasteiger partial charge on any atom is 0.338 e. The summed E-state index contributed by atoms with van der Waals surface area (Å²) in [6.07, 6.45) is 0. The summed E-state index contributed by atoms with van der Waals surface area (Å²) in [5.74, 6) is -2.28. The fourth-order valence-electron chi connectivity index (χ4n) is 4.10. The highest BCUT2D eigenvalue weighted by atomic mass is 35.5. The van der Waals surface area contributed by atoms with Crippen molar-refractivity contribution in [2.45, 2.75) is 17.9 Å².